The summed E-state index contributed by atoms with van der Waals surface area (Å²) in [4.78, 5) is 23.5. The molecule has 0 saturated carbocycles. The maximum atomic E-state index is 11.9. The Morgan fingerprint density at radius 2 is 1.85 bits per heavy atom. The Hall–Kier alpha value is -2.50. The van der Waals surface area contributed by atoms with Crippen molar-refractivity contribution in [3.05, 3.63) is 41.1 Å². The fraction of sp³-hybridized carbons (Fsp3) is 0.286. The number of hydrogen-bond acceptors (Lipinski definition) is 4. The zero-order valence-electron chi connectivity index (χ0n) is 11.5. The molecule has 0 aromatic heterocycles. The number of hydrogen-bond donors (Lipinski definition) is 2. The number of allylic oxidation sites excluding steroid dienone is 1. The first-order valence-corrected chi connectivity index (χ1v) is 6.07. The molecule has 0 saturated heterocycles. The topological polar surface area (TPSA) is 76.7 Å². The standard InChI is InChI=1S/C14H16N2O4/c1-8-11(13(17)20-3)12(16-14(18)15-8)9-4-6-10(19-2)7-5-9/h4-7,12H,1-3H3,(H2,15,16,18)/t12-/m0/s1. The Labute approximate surface area is 116 Å². The molecule has 1 atom stereocenters. The summed E-state index contributed by atoms with van der Waals surface area (Å²) in [6.07, 6.45) is 0. The van der Waals surface area contributed by atoms with E-state index in [9.17, 15) is 9.59 Å². The van der Waals surface area contributed by atoms with Gasteiger partial charge in [-0.3, -0.25) is 0 Å². The number of esters is 1. The van der Waals surface area contributed by atoms with E-state index in [-0.39, 0.29) is 6.03 Å². The number of amides is 2. The number of rotatable bonds is 3. The zero-order chi connectivity index (χ0) is 14.7. The van der Waals surface area contributed by atoms with Crippen molar-refractivity contribution in [2.24, 2.45) is 0 Å². The van der Waals surface area contributed by atoms with Crippen molar-refractivity contribution >= 4 is 12.0 Å². The molecule has 106 valence electrons. The molecule has 2 N–H and O–H groups in total. The van der Waals surface area contributed by atoms with Crippen molar-refractivity contribution in [3.63, 3.8) is 0 Å². The molecule has 6 heteroatoms. The van der Waals surface area contributed by atoms with E-state index in [0.717, 1.165) is 5.56 Å². The molecule has 1 aliphatic heterocycles. The van der Waals surface area contributed by atoms with E-state index in [1.807, 2.05) is 0 Å². The number of ether oxygens (including phenoxy) is 2. The third-order valence-corrected chi connectivity index (χ3v) is 3.12. The first-order valence-electron chi connectivity index (χ1n) is 6.07. The van der Waals surface area contributed by atoms with Gasteiger partial charge in [0.05, 0.1) is 25.8 Å². The summed E-state index contributed by atoms with van der Waals surface area (Å²) in [5.41, 5.74) is 1.65. The summed E-state index contributed by atoms with van der Waals surface area (Å²) in [6.45, 7) is 1.67. The monoisotopic (exact) mass is 276 g/mol. The fourth-order valence-electron chi connectivity index (χ4n) is 2.12. The predicted octanol–water partition coefficient (Wildman–Crippen LogP) is 1.50. The molecule has 0 unspecified atom stereocenters. The molecule has 6 nitrogen and oxygen atoms in total. The number of urea groups is 1. The first-order chi connectivity index (χ1) is 9.56. The summed E-state index contributed by atoms with van der Waals surface area (Å²) in [6, 6.07) is 6.25. The van der Waals surface area contributed by atoms with E-state index in [1.54, 1.807) is 38.3 Å². The van der Waals surface area contributed by atoms with E-state index in [4.69, 9.17) is 9.47 Å². The lowest BCUT2D eigenvalue weighted by Crippen LogP contribution is -2.45. The van der Waals surface area contributed by atoms with Crippen LogP contribution in [0.25, 0.3) is 0 Å². The second-order valence-electron chi connectivity index (χ2n) is 4.33. The van der Waals surface area contributed by atoms with Gasteiger partial charge in [-0.15, -0.1) is 0 Å². The van der Waals surface area contributed by atoms with Gasteiger partial charge in [0.1, 0.15) is 5.75 Å². The summed E-state index contributed by atoms with van der Waals surface area (Å²) >= 11 is 0. The summed E-state index contributed by atoms with van der Waals surface area (Å²) in [5, 5.41) is 5.29. The highest BCUT2D eigenvalue weighted by atomic mass is 16.5. The van der Waals surface area contributed by atoms with Crippen LogP contribution in [0.15, 0.2) is 35.5 Å². The van der Waals surface area contributed by atoms with Crippen LogP contribution in [-0.2, 0) is 9.53 Å². The van der Waals surface area contributed by atoms with Crippen molar-refractivity contribution in [1.82, 2.24) is 10.6 Å². The quantitative estimate of drug-likeness (QED) is 0.820. The summed E-state index contributed by atoms with van der Waals surface area (Å²) in [5.74, 6) is 0.227. The van der Waals surface area contributed by atoms with Crippen LogP contribution in [0, 0.1) is 0 Å². The number of carbonyl (C=O) groups is 2. The molecule has 20 heavy (non-hydrogen) atoms. The van der Waals surface area contributed by atoms with Gasteiger partial charge in [0.2, 0.25) is 0 Å². The fourth-order valence-corrected chi connectivity index (χ4v) is 2.12. The Balaban J connectivity index is 2.42. The molecule has 0 bridgehead atoms. The van der Waals surface area contributed by atoms with Crippen molar-refractivity contribution in [1.29, 1.82) is 0 Å². The molecule has 2 amide bonds. The van der Waals surface area contributed by atoms with Gasteiger partial charge in [-0.2, -0.15) is 0 Å². The largest absolute Gasteiger partial charge is 0.497 e. The molecule has 2 rings (SSSR count). The molecular weight excluding hydrogens is 260 g/mol. The predicted molar refractivity (Wildman–Crippen MR) is 72.1 cm³/mol. The second-order valence-corrected chi connectivity index (χ2v) is 4.33. The highest BCUT2D eigenvalue weighted by Crippen LogP contribution is 2.28. The molecule has 0 radical (unpaired) electrons. The van der Waals surface area contributed by atoms with E-state index in [1.165, 1.54) is 7.11 Å². The lowest BCUT2D eigenvalue weighted by molar-refractivity contribution is -0.136. The minimum absolute atomic E-state index is 0.351. The molecule has 1 aromatic rings. The van der Waals surface area contributed by atoms with E-state index < -0.39 is 12.0 Å². The minimum atomic E-state index is -0.540. The van der Waals surface area contributed by atoms with Crippen LogP contribution < -0.4 is 15.4 Å². The Morgan fingerprint density at radius 3 is 2.40 bits per heavy atom. The van der Waals surface area contributed by atoms with E-state index in [0.29, 0.717) is 17.0 Å². The zero-order valence-corrected chi connectivity index (χ0v) is 11.5. The van der Waals surface area contributed by atoms with Gasteiger partial charge < -0.3 is 20.1 Å². The van der Waals surface area contributed by atoms with Gasteiger partial charge in [-0.05, 0) is 24.6 Å². The van der Waals surface area contributed by atoms with Crippen LogP contribution in [0.4, 0.5) is 4.79 Å². The Kier molecular flexibility index (Phi) is 3.93. The average molecular weight is 276 g/mol. The van der Waals surface area contributed by atoms with Crippen molar-refractivity contribution in [2.75, 3.05) is 14.2 Å². The summed E-state index contributed by atoms with van der Waals surface area (Å²) < 4.78 is 9.87. The molecule has 1 aliphatic rings. The lowest BCUT2D eigenvalue weighted by Gasteiger charge is -2.27. The van der Waals surface area contributed by atoms with Crippen molar-refractivity contribution < 1.29 is 19.1 Å². The minimum Gasteiger partial charge on any atom is -0.497 e. The Morgan fingerprint density at radius 1 is 1.20 bits per heavy atom. The van der Waals surface area contributed by atoms with Crippen LogP contribution in [0.5, 0.6) is 5.75 Å². The van der Waals surface area contributed by atoms with Gasteiger partial charge in [-0.25, -0.2) is 9.59 Å². The molecule has 1 heterocycles. The molecule has 1 aromatic carbocycles. The van der Waals surface area contributed by atoms with Crippen LogP contribution in [0.3, 0.4) is 0 Å². The van der Waals surface area contributed by atoms with Crippen LogP contribution in [-0.4, -0.2) is 26.2 Å². The lowest BCUT2D eigenvalue weighted by atomic mass is 9.95. The first kappa shape index (κ1) is 13.9. The van der Waals surface area contributed by atoms with Crippen molar-refractivity contribution in [3.8, 4) is 5.75 Å². The molecule has 0 aliphatic carbocycles. The van der Waals surface area contributed by atoms with E-state index in [2.05, 4.69) is 10.6 Å². The SMILES string of the molecule is COC(=O)C1=C(C)NC(=O)N[C@H]1c1ccc(OC)cc1. The van der Waals surface area contributed by atoms with Gasteiger partial charge in [0.15, 0.2) is 0 Å². The Bertz CT molecular complexity index is 563. The molecule has 0 fully saturated rings. The number of methoxy groups -OCH3 is 2. The third kappa shape index (κ3) is 2.59. The number of benzene rings is 1. The maximum Gasteiger partial charge on any atom is 0.337 e. The van der Waals surface area contributed by atoms with Crippen LogP contribution in [0.2, 0.25) is 0 Å². The highest BCUT2D eigenvalue weighted by molar-refractivity contribution is 5.94. The number of nitrogens with one attached hydrogen (secondary N) is 2. The van der Waals surface area contributed by atoms with Crippen LogP contribution in [0.1, 0.15) is 18.5 Å². The van der Waals surface area contributed by atoms with Gasteiger partial charge >= 0.3 is 12.0 Å². The van der Waals surface area contributed by atoms with Crippen molar-refractivity contribution in [2.45, 2.75) is 13.0 Å². The molecular formula is C14H16N2O4. The van der Waals surface area contributed by atoms with Gasteiger partial charge in [0.25, 0.3) is 0 Å². The maximum absolute atomic E-state index is 11.9. The van der Waals surface area contributed by atoms with Gasteiger partial charge in [0, 0.05) is 5.70 Å². The average Bonchev–Trinajstić information content (AvgIpc) is 2.46. The highest BCUT2D eigenvalue weighted by Gasteiger charge is 2.31. The number of carbonyl (C=O) groups excluding carboxylic acids is 2. The van der Waals surface area contributed by atoms with E-state index >= 15 is 0 Å². The second kappa shape index (κ2) is 5.64. The summed E-state index contributed by atoms with van der Waals surface area (Å²) in [7, 11) is 2.88. The third-order valence-electron chi connectivity index (χ3n) is 3.12. The smallest absolute Gasteiger partial charge is 0.337 e. The van der Waals surface area contributed by atoms with Gasteiger partial charge in [-0.1, -0.05) is 12.1 Å². The molecule has 0 spiro atoms. The normalized spacial score (nSPS) is 18.1. The van der Waals surface area contributed by atoms with Crippen LogP contribution >= 0.6 is 0 Å².